The van der Waals surface area contributed by atoms with Gasteiger partial charge in [-0.25, -0.2) is 0 Å². The molecule has 2 heterocycles. The van der Waals surface area contributed by atoms with Gasteiger partial charge in [-0.05, 0) is 18.8 Å². The SMILES string of the molecule is COCC1CCCN(C(=O)c2nc(N)n[nH]2)C1. The summed E-state index contributed by atoms with van der Waals surface area (Å²) in [6.07, 6.45) is 2.08. The van der Waals surface area contributed by atoms with Crippen LogP contribution in [-0.2, 0) is 4.74 Å². The topological polar surface area (TPSA) is 97.1 Å². The zero-order chi connectivity index (χ0) is 12.3. The lowest BCUT2D eigenvalue weighted by atomic mass is 9.99. The number of amides is 1. The zero-order valence-corrected chi connectivity index (χ0v) is 9.85. The van der Waals surface area contributed by atoms with Gasteiger partial charge in [0.1, 0.15) is 0 Å². The molecule has 7 heteroatoms. The molecule has 0 saturated carbocycles. The minimum absolute atomic E-state index is 0.0961. The summed E-state index contributed by atoms with van der Waals surface area (Å²) in [5.74, 6) is 0.562. The second kappa shape index (κ2) is 5.13. The number of anilines is 1. The second-order valence-electron chi connectivity index (χ2n) is 4.26. The van der Waals surface area contributed by atoms with Crippen LogP contribution in [0.25, 0.3) is 0 Å². The van der Waals surface area contributed by atoms with Crippen LogP contribution in [0, 0.1) is 5.92 Å². The van der Waals surface area contributed by atoms with Crippen molar-refractivity contribution in [3.8, 4) is 0 Å². The molecule has 0 spiro atoms. The van der Waals surface area contributed by atoms with Crippen molar-refractivity contribution in [3.05, 3.63) is 5.82 Å². The van der Waals surface area contributed by atoms with Crippen LogP contribution in [0.4, 0.5) is 5.95 Å². The van der Waals surface area contributed by atoms with Gasteiger partial charge in [-0.2, -0.15) is 4.98 Å². The number of carbonyl (C=O) groups is 1. The number of aromatic amines is 1. The lowest BCUT2D eigenvalue weighted by molar-refractivity contribution is 0.0560. The Morgan fingerprint density at radius 3 is 3.18 bits per heavy atom. The summed E-state index contributed by atoms with van der Waals surface area (Å²) in [6.45, 7) is 2.13. The summed E-state index contributed by atoms with van der Waals surface area (Å²) in [4.78, 5) is 17.7. The van der Waals surface area contributed by atoms with Crippen LogP contribution >= 0.6 is 0 Å². The van der Waals surface area contributed by atoms with Gasteiger partial charge in [0.2, 0.25) is 11.8 Å². The average Bonchev–Trinajstić information content (AvgIpc) is 2.76. The van der Waals surface area contributed by atoms with E-state index in [4.69, 9.17) is 10.5 Å². The summed E-state index contributed by atoms with van der Waals surface area (Å²) >= 11 is 0. The third-order valence-electron chi connectivity index (χ3n) is 2.91. The standard InChI is InChI=1S/C10H17N5O2/c1-17-6-7-3-2-4-15(5-7)9(16)8-12-10(11)14-13-8/h7H,2-6H2,1H3,(H3,11,12,13,14). The molecule has 3 N–H and O–H groups in total. The van der Waals surface area contributed by atoms with Gasteiger partial charge in [-0.3, -0.25) is 9.89 Å². The Morgan fingerprint density at radius 1 is 1.71 bits per heavy atom. The van der Waals surface area contributed by atoms with Crippen LogP contribution in [0.3, 0.4) is 0 Å². The third kappa shape index (κ3) is 2.73. The first-order valence-electron chi connectivity index (χ1n) is 5.66. The number of rotatable bonds is 3. The number of nitrogen functional groups attached to an aromatic ring is 1. The molecule has 1 fully saturated rings. The number of likely N-dealkylation sites (tertiary alicyclic amines) is 1. The molecule has 94 valence electrons. The van der Waals surface area contributed by atoms with Crippen molar-refractivity contribution >= 4 is 11.9 Å². The molecule has 1 amide bonds. The highest BCUT2D eigenvalue weighted by Crippen LogP contribution is 2.17. The zero-order valence-electron chi connectivity index (χ0n) is 9.85. The Kier molecular flexibility index (Phi) is 3.58. The number of methoxy groups -OCH3 is 1. The molecular weight excluding hydrogens is 222 g/mol. The minimum atomic E-state index is -0.144. The van der Waals surface area contributed by atoms with E-state index in [0.717, 1.165) is 19.4 Å². The average molecular weight is 239 g/mol. The van der Waals surface area contributed by atoms with Crippen molar-refractivity contribution in [2.45, 2.75) is 12.8 Å². The van der Waals surface area contributed by atoms with Crippen molar-refractivity contribution in [2.24, 2.45) is 5.92 Å². The molecule has 0 bridgehead atoms. The molecular formula is C10H17N5O2. The van der Waals surface area contributed by atoms with E-state index in [-0.39, 0.29) is 17.7 Å². The Balaban J connectivity index is 1.99. The number of H-pyrrole nitrogens is 1. The van der Waals surface area contributed by atoms with Crippen LogP contribution < -0.4 is 5.73 Å². The Labute approximate surface area is 99.3 Å². The second-order valence-corrected chi connectivity index (χ2v) is 4.26. The number of nitrogens with two attached hydrogens (primary N) is 1. The molecule has 1 aliphatic rings. The van der Waals surface area contributed by atoms with Crippen molar-refractivity contribution in [1.82, 2.24) is 20.1 Å². The third-order valence-corrected chi connectivity index (χ3v) is 2.91. The maximum atomic E-state index is 12.1. The molecule has 1 saturated heterocycles. The molecule has 7 nitrogen and oxygen atoms in total. The minimum Gasteiger partial charge on any atom is -0.384 e. The highest BCUT2D eigenvalue weighted by molar-refractivity contribution is 5.90. The molecule has 0 aromatic carbocycles. The lowest BCUT2D eigenvalue weighted by Crippen LogP contribution is -2.41. The van der Waals surface area contributed by atoms with E-state index < -0.39 is 0 Å². The van der Waals surface area contributed by atoms with E-state index in [2.05, 4.69) is 15.2 Å². The number of ether oxygens (including phenoxy) is 1. The number of nitrogens with one attached hydrogen (secondary N) is 1. The predicted octanol–water partition coefficient (Wildman–Crippen LogP) is -0.114. The lowest BCUT2D eigenvalue weighted by Gasteiger charge is -2.31. The van der Waals surface area contributed by atoms with Gasteiger partial charge in [0.15, 0.2) is 0 Å². The van der Waals surface area contributed by atoms with Gasteiger partial charge in [0.25, 0.3) is 5.91 Å². The van der Waals surface area contributed by atoms with Gasteiger partial charge < -0.3 is 15.4 Å². The molecule has 1 aromatic rings. The highest BCUT2D eigenvalue weighted by atomic mass is 16.5. The molecule has 2 rings (SSSR count). The van der Waals surface area contributed by atoms with Crippen molar-refractivity contribution < 1.29 is 9.53 Å². The maximum Gasteiger partial charge on any atom is 0.291 e. The summed E-state index contributed by atoms with van der Waals surface area (Å²) in [7, 11) is 1.68. The number of aromatic nitrogens is 3. The molecule has 1 aliphatic heterocycles. The highest BCUT2D eigenvalue weighted by Gasteiger charge is 2.26. The number of carbonyl (C=O) groups excluding carboxylic acids is 1. The first kappa shape index (κ1) is 11.8. The number of piperidine rings is 1. The Bertz CT molecular complexity index is 390. The quantitative estimate of drug-likeness (QED) is 0.766. The van der Waals surface area contributed by atoms with E-state index in [1.54, 1.807) is 12.0 Å². The Hall–Kier alpha value is -1.63. The fourth-order valence-corrected chi connectivity index (χ4v) is 2.14. The summed E-state index contributed by atoms with van der Waals surface area (Å²) < 4.78 is 5.13. The van der Waals surface area contributed by atoms with E-state index in [1.165, 1.54) is 0 Å². The van der Waals surface area contributed by atoms with Gasteiger partial charge >= 0.3 is 0 Å². The molecule has 1 unspecified atom stereocenters. The van der Waals surface area contributed by atoms with Crippen LogP contribution in [0.2, 0.25) is 0 Å². The predicted molar refractivity (Wildman–Crippen MR) is 61.3 cm³/mol. The summed E-state index contributed by atoms with van der Waals surface area (Å²) in [5.41, 5.74) is 5.38. The van der Waals surface area contributed by atoms with Crippen LogP contribution in [0.1, 0.15) is 23.5 Å². The van der Waals surface area contributed by atoms with Crippen LogP contribution in [0.5, 0.6) is 0 Å². The number of hydrogen-bond donors (Lipinski definition) is 2. The van der Waals surface area contributed by atoms with Crippen molar-refractivity contribution in [2.75, 3.05) is 32.5 Å². The number of nitrogens with zero attached hydrogens (tertiary/aromatic N) is 3. The molecule has 1 atom stereocenters. The molecule has 0 radical (unpaired) electrons. The van der Waals surface area contributed by atoms with E-state index in [0.29, 0.717) is 19.1 Å². The molecule has 17 heavy (non-hydrogen) atoms. The Morgan fingerprint density at radius 2 is 2.53 bits per heavy atom. The first-order valence-corrected chi connectivity index (χ1v) is 5.66. The van der Waals surface area contributed by atoms with E-state index in [9.17, 15) is 4.79 Å². The monoisotopic (exact) mass is 239 g/mol. The van der Waals surface area contributed by atoms with Gasteiger partial charge in [-0.1, -0.05) is 0 Å². The van der Waals surface area contributed by atoms with Gasteiger partial charge in [-0.15, -0.1) is 5.10 Å². The fraction of sp³-hybridized carbons (Fsp3) is 0.700. The van der Waals surface area contributed by atoms with Crippen molar-refractivity contribution in [3.63, 3.8) is 0 Å². The normalized spacial score (nSPS) is 20.5. The summed E-state index contributed by atoms with van der Waals surface area (Å²) in [5, 5.41) is 6.20. The van der Waals surface area contributed by atoms with E-state index in [1.807, 2.05) is 0 Å². The maximum absolute atomic E-state index is 12.1. The first-order chi connectivity index (χ1) is 8.20. The van der Waals surface area contributed by atoms with Crippen LogP contribution in [-0.4, -0.2) is 52.8 Å². The smallest absolute Gasteiger partial charge is 0.291 e. The van der Waals surface area contributed by atoms with Crippen LogP contribution in [0.15, 0.2) is 0 Å². The largest absolute Gasteiger partial charge is 0.384 e. The number of hydrogen-bond acceptors (Lipinski definition) is 5. The fourth-order valence-electron chi connectivity index (χ4n) is 2.14. The van der Waals surface area contributed by atoms with E-state index >= 15 is 0 Å². The molecule has 0 aliphatic carbocycles. The van der Waals surface area contributed by atoms with Gasteiger partial charge in [0, 0.05) is 20.2 Å². The molecule has 1 aromatic heterocycles. The summed E-state index contributed by atoms with van der Waals surface area (Å²) in [6, 6.07) is 0. The van der Waals surface area contributed by atoms with Crippen molar-refractivity contribution in [1.29, 1.82) is 0 Å². The van der Waals surface area contributed by atoms with Gasteiger partial charge in [0.05, 0.1) is 6.61 Å².